The molecule has 1 heterocycles. The van der Waals surface area contributed by atoms with E-state index in [-0.39, 0.29) is 11.7 Å². The molecular weight excluding hydrogens is 242 g/mol. The average molecular weight is 259 g/mol. The highest BCUT2D eigenvalue weighted by Crippen LogP contribution is 2.13. The molecule has 7 nitrogen and oxygen atoms in total. The zero-order valence-corrected chi connectivity index (χ0v) is 10.8. The van der Waals surface area contributed by atoms with Gasteiger partial charge in [-0.15, -0.1) is 10.2 Å². The lowest BCUT2D eigenvalue weighted by Crippen LogP contribution is -2.28. The average Bonchev–Trinajstić information content (AvgIpc) is 2.68. The van der Waals surface area contributed by atoms with Gasteiger partial charge in [-0.3, -0.25) is 4.79 Å². The van der Waals surface area contributed by atoms with Crippen molar-refractivity contribution in [1.29, 1.82) is 0 Å². The zero-order valence-electron chi connectivity index (χ0n) is 9.97. The Morgan fingerprint density at radius 1 is 1.59 bits per heavy atom. The first-order valence-electron chi connectivity index (χ1n) is 5.26. The zero-order chi connectivity index (χ0) is 12.7. The van der Waals surface area contributed by atoms with Crippen molar-refractivity contribution in [2.24, 2.45) is 0 Å². The van der Waals surface area contributed by atoms with Gasteiger partial charge in [-0.05, 0) is 0 Å². The van der Waals surface area contributed by atoms with Crippen LogP contribution in [0.25, 0.3) is 0 Å². The monoisotopic (exact) mass is 259 g/mol. The van der Waals surface area contributed by atoms with Crippen LogP contribution in [-0.2, 0) is 16.0 Å². The standard InChI is InChI=1S/C9H17N5O2S/c1-3-7-12-13-9(14(7)10)17-6-8(15)11-4-5-16-2/h3-6,10H2,1-2H3,(H,11,15). The molecule has 0 fully saturated rings. The molecule has 0 radical (unpaired) electrons. The number of nitrogens with two attached hydrogens (primary N) is 1. The molecule has 17 heavy (non-hydrogen) atoms. The van der Waals surface area contributed by atoms with Crippen molar-refractivity contribution in [3.63, 3.8) is 0 Å². The number of thioether (sulfide) groups is 1. The first-order chi connectivity index (χ1) is 8.19. The number of hydrogen-bond donors (Lipinski definition) is 2. The fourth-order valence-corrected chi connectivity index (χ4v) is 1.83. The Bertz CT molecular complexity index is 368. The van der Waals surface area contributed by atoms with E-state index in [4.69, 9.17) is 10.6 Å². The summed E-state index contributed by atoms with van der Waals surface area (Å²) >= 11 is 1.26. The summed E-state index contributed by atoms with van der Waals surface area (Å²) in [4.78, 5) is 11.4. The van der Waals surface area contributed by atoms with Gasteiger partial charge >= 0.3 is 0 Å². The Hall–Kier alpha value is -1.28. The predicted molar refractivity (Wildman–Crippen MR) is 65.2 cm³/mol. The number of carbonyl (C=O) groups is 1. The lowest BCUT2D eigenvalue weighted by Gasteiger charge is -2.04. The SMILES string of the molecule is CCc1nnc(SCC(=O)NCCOC)n1N. The summed E-state index contributed by atoms with van der Waals surface area (Å²) < 4.78 is 6.23. The molecule has 1 rings (SSSR count). The molecule has 0 saturated heterocycles. The molecule has 0 aliphatic heterocycles. The molecule has 0 bridgehead atoms. The Labute approximate surface area is 104 Å². The molecule has 0 spiro atoms. The summed E-state index contributed by atoms with van der Waals surface area (Å²) in [6.07, 6.45) is 0.712. The van der Waals surface area contributed by atoms with Crippen LogP contribution in [0.1, 0.15) is 12.7 Å². The van der Waals surface area contributed by atoms with Gasteiger partial charge in [-0.2, -0.15) is 0 Å². The minimum Gasteiger partial charge on any atom is -0.383 e. The lowest BCUT2D eigenvalue weighted by molar-refractivity contribution is -0.118. The van der Waals surface area contributed by atoms with Gasteiger partial charge in [0.1, 0.15) is 0 Å². The molecule has 0 aliphatic carbocycles. The molecule has 1 aromatic rings. The van der Waals surface area contributed by atoms with E-state index in [1.807, 2.05) is 6.92 Å². The van der Waals surface area contributed by atoms with Gasteiger partial charge in [0.2, 0.25) is 11.1 Å². The van der Waals surface area contributed by atoms with Crippen molar-refractivity contribution >= 4 is 17.7 Å². The van der Waals surface area contributed by atoms with Crippen LogP contribution in [0.4, 0.5) is 0 Å². The van der Waals surface area contributed by atoms with Gasteiger partial charge in [0.25, 0.3) is 0 Å². The summed E-state index contributed by atoms with van der Waals surface area (Å²) in [5, 5.41) is 11.1. The highest BCUT2D eigenvalue weighted by molar-refractivity contribution is 7.99. The molecule has 0 unspecified atom stereocenters. The highest BCUT2D eigenvalue weighted by Gasteiger charge is 2.10. The normalized spacial score (nSPS) is 10.5. The topological polar surface area (TPSA) is 95.1 Å². The van der Waals surface area contributed by atoms with Gasteiger partial charge < -0.3 is 15.9 Å². The Kier molecular flexibility index (Phi) is 5.78. The van der Waals surface area contributed by atoms with E-state index in [0.29, 0.717) is 30.6 Å². The summed E-state index contributed by atoms with van der Waals surface area (Å²) in [5.41, 5.74) is 0. The number of nitrogen functional groups attached to an aromatic ring is 1. The Morgan fingerprint density at radius 2 is 2.35 bits per heavy atom. The number of amides is 1. The quantitative estimate of drug-likeness (QED) is 0.386. The maximum atomic E-state index is 11.4. The van der Waals surface area contributed by atoms with E-state index < -0.39 is 0 Å². The smallest absolute Gasteiger partial charge is 0.230 e. The first-order valence-corrected chi connectivity index (χ1v) is 6.25. The van der Waals surface area contributed by atoms with Crippen LogP contribution < -0.4 is 11.2 Å². The molecule has 8 heteroatoms. The number of nitrogens with zero attached hydrogens (tertiary/aromatic N) is 3. The third-order valence-corrected chi connectivity index (χ3v) is 2.96. The van der Waals surface area contributed by atoms with E-state index in [1.165, 1.54) is 16.4 Å². The molecule has 1 aromatic heterocycles. The Balaban J connectivity index is 2.34. The van der Waals surface area contributed by atoms with Crippen LogP contribution in [0.2, 0.25) is 0 Å². The second-order valence-electron chi connectivity index (χ2n) is 3.25. The number of hydrogen-bond acceptors (Lipinski definition) is 6. The van der Waals surface area contributed by atoms with E-state index in [1.54, 1.807) is 7.11 Å². The van der Waals surface area contributed by atoms with Crippen LogP contribution >= 0.6 is 11.8 Å². The fourth-order valence-electron chi connectivity index (χ4n) is 1.12. The van der Waals surface area contributed by atoms with Crippen LogP contribution in [0.3, 0.4) is 0 Å². The third kappa shape index (κ3) is 4.23. The number of aryl methyl sites for hydroxylation is 1. The van der Waals surface area contributed by atoms with E-state index in [2.05, 4.69) is 15.5 Å². The van der Waals surface area contributed by atoms with Crippen molar-refractivity contribution in [3.8, 4) is 0 Å². The number of nitrogens with one attached hydrogen (secondary N) is 1. The fraction of sp³-hybridized carbons (Fsp3) is 0.667. The number of aromatic nitrogens is 3. The number of rotatable bonds is 7. The Morgan fingerprint density at radius 3 is 2.94 bits per heavy atom. The van der Waals surface area contributed by atoms with Crippen molar-refractivity contribution in [2.75, 3.05) is 31.9 Å². The van der Waals surface area contributed by atoms with Gasteiger partial charge in [0.15, 0.2) is 5.82 Å². The van der Waals surface area contributed by atoms with Crippen molar-refractivity contribution in [2.45, 2.75) is 18.5 Å². The third-order valence-electron chi connectivity index (χ3n) is 2.01. The molecule has 0 aromatic carbocycles. The lowest BCUT2D eigenvalue weighted by atomic mass is 10.5. The minimum atomic E-state index is -0.0758. The molecule has 0 atom stereocenters. The van der Waals surface area contributed by atoms with Gasteiger partial charge in [0.05, 0.1) is 12.4 Å². The van der Waals surface area contributed by atoms with Gasteiger partial charge in [0, 0.05) is 20.1 Å². The molecule has 0 aliphatic rings. The summed E-state index contributed by atoms with van der Waals surface area (Å²) in [6.45, 7) is 2.95. The second kappa shape index (κ2) is 7.13. The second-order valence-corrected chi connectivity index (χ2v) is 4.20. The highest BCUT2D eigenvalue weighted by atomic mass is 32.2. The summed E-state index contributed by atoms with van der Waals surface area (Å²) in [6, 6.07) is 0. The molecule has 3 N–H and O–H groups in total. The van der Waals surface area contributed by atoms with Crippen LogP contribution in [-0.4, -0.2) is 46.8 Å². The first kappa shape index (κ1) is 13.8. The predicted octanol–water partition coefficient (Wildman–Crippen LogP) is -0.591. The molecule has 96 valence electrons. The molecule has 0 saturated carbocycles. The van der Waals surface area contributed by atoms with E-state index >= 15 is 0 Å². The van der Waals surface area contributed by atoms with E-state index in [9.17, 15) is 4.79 Å². The molecule has 1 amide bonds. The minimum absolute atomic E-state index is 0.0758. The van der Waals surface area contributed by atoms with Crippen LogP contribution in [0.5, 0.6) is 0 Å². The van der Waals surface area contributed by atoms with Gasteiger partial charge in [-0.25, -0.2) is 4.68 Å². The summed E-state index contributed by atoms with van der Waals surface area (Å²) in [5.74, 6) is 6.63. The summed E-state index contributed by atoms with van der Waals surface area (Å²) in [7, 11) is 1.59. The largest absolute Gasteiger partial charge is 0.383 e. The van der Waals surface area contributed by atoms with Gasteiger partial charge in [-0.1, -0.05) is 18.7 Å². The van der Waals surface area contributed by atoms with Crippen LogP contribution in [0.15, 0.2) is 5.16 Å². The van der Waals surface area contributed by atoms with Crippen molar-refractivity contribution < 1.29 is 9.53 Å². The van der Waals surface area contributed by atoms with Crippen molar-refractivity contribution in [3.05, 3.63) is 5.82 Å². The number of carbonyl (C=O) groups excluding carboxylic acids is 1. The maximum absolute atomic E-state index is 11.4. The van der Waals surface area contributed by atoms with Crippen LogP contribution in [0, 0.1) is 0 Å². The van der Waals surface area contributed by atoms with Crippen molar-refractivity contribution in [1.82, 2.24) is 20.2 Å². The van der Waals surface area contributed by atoms with E-state index in [0.717, 1.165) is 0 Å². The molecular formula is C9H17N5O2S. The number of methoxy groups -OCH3 is 1. The maximum Gasteiger partial charge on any atom is 0.230 e. The number of ether oxygens (including phenoxy) is 1.